The Labute approximate surface area is 127 Å². The number of hydrogen-bond acceptors (Lipinski definition) is 1. The molecular formula is C17H16BrFO. The minimum atomic E-state index is -0.402. The van der Waals surface area contributed by atoms with Crippen LogP contribution in [0.2, 0.25) is 0 Å². The summed E-state index contributed by atoms with van der Waals surface area (Å²) >= 11 is 3.32. The summed E-state index contributed by atoms with van der Waals surface area (Å²) in [7, 11) is 0. The number of ketones is 1. The van der Waals surface area contributed by atoms with Gasteiger partial charge in [0.05, 0.1) is 0 Å². The molecule has 0 saturated heterocycles. The second-order valence-electron chi connectivity index (χ2n) is 4.65. The molecule has 0 unspecified atom stereocenters. The lowest BCUT2D eigenvalue weighted by Crippen LogP contribution is -2.07. The Kier molecular flexibility index (Phi) is 4.71. The zero-order chi connectivity index (χ0) is 14.7. The Bertz CT molecular complexity index is 649. The molecular weight excluding hydrogens is 319 g/mol. The fourth-order valence-electron chi connectivity index (χ4n) is 2.18. The molecule has 0 heterocycles. The van der Waals surface area contributed by atoms with Crippen LogP contribution in [0.4, 0.5) is 4.39 Å². The standard InChI is InChI=1S/C17H16BrFO/c1-3-11-5-6-12(4-2)14(9-11)17(20)15-10-13(19)7-8-16(15)18/h5-10H,3-4H2,1-2H3. The Morgan fingerprint density at radius 1 is 1.05 bits per heavy atom. The van der Waals surface area contributed by atoms with Crippen molar-refractivity contribution in [2.45, 2.75) is 26.7 Å². The van der Waals surface area contributed by atoms with Crippen LogP contribution in [0.3, 0.4) is 0 Å². The van der Waals surface area contributed by atoms with Gasteiger partial charge in [0.15, 0.2) is 5.78 Å². The van der Waals surface area contributed by atoms with Gasteiger partial charge in [0.1, 0.15) is 5.82 Å². The average Bonchev–Trinajstić information content (AvgIpc) is 2.48. The van der Waals surface area contributed by atoms with Crippen molar-refractivity contribution in [2.24, 2.45) is 0 Å². The van der Waals surface area contributed by atoms with Crippen molar-refractivity contribution in [3.8, 4) is 0 Å². The molecule has 1 nitrogen and oxygen atoms in total. The van der Waals surface area contributed by atoms with Crippen LogP contribution >= 0.6 is 15.9 Å². The van der Waals surface area contributed by atoms with Crippen molar-refractivity contribution in [1.29, 1.82) is 0 Å². The van der Waals surface area contributed by atoms with E-state index < -0.39 is 5.82 Å². The van der Waals surface area contributed by atoms with Crippen LogP contribution in [0.15, 0.2) is 40.9 Å². The van der Waals surface area contributed by atoms with Gasteiger partial charge in [-0.25, -0.2) is 4.39 Å². The van der Waals surface area contributed by atoms with Crippen LogP contribution in [-0.4, -0.2) is 5.78 Å². The zero-order valence-corrected chi connectivity index (χ0v) is 13.1. The average molecular weight is 335 g/mol. The van der Waals surface area contributed by atoms with Gasteiger partial charge in [0.25, 0.3) is 0 Å². The highest BCUT2D eigenvalue weighted by molar-refractivity contribution is 9.10. The molecule has 3 heteroatoms. The van der Waals surface area contributed by atoms with Crippen LogP contribution in [0, 0.1) is 5.82 Å². The zero-order valence-electron chi connectivity index (χ0n) is 11.5. The predicted octanol–water partition coefficient (Wildman–Crippen LogP) is 4.94. The van der Waals surface area contributed by atoms with E-state index in [1.807, 2.05) is 32.0 Å². The smallest absolute Gasteiger partial charge is 0.194 e. The molecule has 0 aromatic heterocycles. The molecule has 0 aliphatic heterocycles. The van der Waals surface area contributed by atoms with Gasteiger partial charge < -0.3 is 0 Å². The summed E-state index contributed by atoms with van der Waals surface area (Å²) in [5.41, 5.74) is 3.13. The third-order valence-electron chi connectivity index (χ3n) is 3.38. The fraction of sp³-hybridized carbons (Fsp3) is 0.235. The third kappa shape index (κ3) is 2.98. The second kappa shape index (κ2) is 6.31. The normalized spacial score (nSPS) is 10.6. The first-order chi connectivity index (χ1) is 9.56. The summed E-state index contributed by atoms with van der Waals surface area (Å²) in [5.74, 6) is -0.537. The SMILES string of the molecule is CCc1ccc(CC)c(C(=O)c2cc(F)ccc2Br)c1. The second-order valence-corrected chi connectivity index (χ2v) is 5.51. The lowest BCUT2D eigenvalue weighted by molar-refractivity contribution is 0.103. The minimum absolute atomic E-state index is 0.136. The molecule has 0 amide bonds. The predicted molar refractivity (Wildman–Crippen MR) is 82.7 cm³/mol. The molecule has 0 atom stereocenters. The highest BCUT2D eigenvalue weighted by Crippen LogP contribution is 2.24. The first-order valence-corrected chi connectivity index (χ1v) is 7.47. The Hall–Kier alpha value is -1.48. The van der Waals surface area contributed by atoms with Crippen molar-refractivity contribution >= 4 is 21.7 Å². The van der Waals surface area contributed by atoms with E-state index in [4.69, 9.17) is 0 Å². The van der Waals surface area contributed by atoms with Crippen LogP contribution < -0.4 is 0 Å². The first kappa shape index (κ1) is 14.9. The van der Waals surface area contributed by atoms with Gasteiger partial charge in [-0.1, -0.05) is 41.9 Å². The van der Waals surface area contributed by atoms with Gasteiger partial charge in [-0.3, -0.25) is 4.79 Å². The number of hydrogen-bond donors (Lipinski definition) is 0. The lowest BCUT2D eigenvalue weighted by atomic mass is 9.94. The summed E-state index contributed by atoms with van der Waals surface area (Å²) in [4.78, 5) is 12.7. The molecule has 0 fully saturated rings. The third-order valence-corrected chi connectivity index (χ3v) is 4.07. The van der Waals surface area contributed by atoms with E-state index in [9.17, 15) is 9.18 Å². The maximum atomic E-state index is 13.4. The van der Waals surface area contributed by atoms with Crippen molar-refractivity contribution < 1.29 is 9.18 Å². The van der Waals surface area contributed by atoms with Crippen LogP contribution in [-0.2, 0) is 12.8 Å². The molecule has 0 spiro atoms. The largest absolute Gasteiger partial charge is 0.289 e. The molecule has 2 aromatic carbocycles. The molecule has 2 rings (SSSR count). The summed E-state index contributed by atoms with van der Waals surface area (Å²) in [6.07, 6.45) is 1.65. The maximum absolute atomic E-state index is 13.4. The maximum Gasteiger partial charge on any atom is 0.194 e. The van der Waals surface area contributed by atoms with E-state index in [0.717, 1.165) is 24.0 Å². The molecule has 104 valence electrons. The number of rotatable bonds is 4. The van der Waals surface area contributed by atoms with Crippen LogP contribution in [0.1, 0.15) is 40.9 Å². The highest BCUT2D eigenvalue weighted by Gasteiger charge is 2.16. The number of benzene rings is 2. The van der Waals surface area contributed by atoms with Gasteiger partial charge in [0, 0.05) is 15.6 Å². The van der Waals surface area contributed by atoms with Gasteiger partial charge in [0.2, 0.25) is 0 Å². The van der Waals surface area contributed by atoms with Crippen molar-refractivity contribution in [3.63, 3.8) is 0 Å². The molecule has 0 N–H and O–H groups in total. The summed E-state index contributed by atoms with van der Waals surface area (Å²) in [6.45, 7) is 4.06. The molecule has 2 aromatic rings. The minimum Gasteiger partial charge on any atom is -0.289 e. The first-order valence-electron chi connectivity index (χ1n) is 6.68. The van der Waals surface area contributed by atoms with E-state index in [0.29, 0.717) is 15.6 Å². The Morgan fingerprint density at radius 3 is 2.45 bits per heavy atom. The highest BCUT2D eigenvalue weighted by atomic mass is 79.9. The van der Waals surface area contributed by atoms with Crippen molar-refractivity contribution in [2.75, 3.05) is 0 Å². The number of halogens is 2. The molecule has 0 aliphatic rings. The lowest BCUT2D eigenvalue weighted by Gasteiger charge is -2.10. The molecule has 0 radical (unpaired) electrons. The molecule has 0 aliphatic carbocycles. The quantitative estimate of drug-likeness (QED) is 0.723. The van der Waals surface area contributed by atoms with E-state index in [-0.39, 0.29) is 5.78 Å². The Morgan fingerprint density at radius 2 is 1.80 bits per heavy atom. The van der Waals surface area contributed by atoms with Crippen LogP contribution in [0.5, 0.6) is 0 Å². The molecule has 0 saturated carbocycles. The van der Waals surface area contributed by atoms with Crippen molar-refractivity contribution in [3.05, 3.63) is 68.9 Å². The van der Waals surface area contributed by atoms with E-state index in [1.54, 1.807) is 6.07 Å². The van der Waals surface area contributed by atoms with Gasteiger partial charge in [-0.15, -0.1) is 0 Å². The van der Waals surface area contributed by atoms with Gasteiger partial charge >= 0.3 is 0 Å². The van der Waals surface area contributed by atoms with Crippen molar-refractivity contribution in [1.82, 2.24) is 0 Å². The summed E-state index contributed by atoms with van der Waals surface area (Å²) in [5, 5.41) is 0. The topological polar surface area (TPSA) is 17.1 Å². The monoisotopic (exact) mass is 334 g/mol. The van der Waals surface area contributed by atoms with Gasteiger partial charge in [-0.05, 0) is 48.2 Å². The van der Waals surface area contributed by atoms with Crippen LogP contribution in [0.25, 0.3) is 0 Å². The molecule has 0 bridgehead atoms. The summed E-state index contributed by atoms with van der Waals surface area (Å²) < 4.78 is 14.0. The number of carbonyl (C=O) groups is 1. The van der Waals surface area contributed by atoms with E-state index in [1.165, 1.54) is 12.1 Å². The summed E-state index contributed by atoms with van der Waals surface area (Å²) in [6, 6.07) is 10.1. The molecule has 20 heavy (non-hydrogen) atoms. The fourth-order valence-corrected chi connectivity index (χ4v) is 2.61. The van der Waals surface area contributed by atoms with E-state index in [2.05, 4.69) is 15.9 Å². The number of aryl methyl sites for hydroxylation is 2. The number of carbonyl (C=O) groups excluding carboxylic acids is 1. The van der Waals surface area contributed by atoms with Gasteiger partial charge in [-0.2, -0.15) is 0 Å². The van der Waals surface area contributed by atoms with E-state index >= 15 is 0 Å². The Balaban J connectivity index is 2.54.